The molecular weight excluding hydrogens is 434 g/mol. The molecule has 1 N–H and O–H groups in total. The number of nitro benzene ring substituents is 1. The summed E-state index contributed by atoms with van der Waals surface area (Å²) < 4.78 is 30.9. The molecule has 0 aliphatic rings. The van der Waals surface area contributed by atoms with Crippen LogP contribution in [0.15, 0.2) is 78.9 Å². The van der Waals surface area contributed by atoms with Gasteiger partial charge in [0.25, 0.3) is 5.69 Å². The summed E-state index contributed by atoms with van der Waals surface area (Å²) in [7, 11) is -3.86. The summed E-state index contributed by atoms with van der Waals surface area (Å²) in [5.74, 6) is 0.0149. The monoisotopic (exact) mass is 455 g/mol. The lowest BCUT2D eigenvalue weighted by molar-refractivity contribution is -0.384. The van der Waals surface area contributed by atoms with E-state index in [9.17, 15) is 23.3 Å². The first-order chi connectivity index (χ1) is 15.2. The summed E-state index contributed by atoms with van der Waals surface area (Å²) >= 11 is 0. The first kappa shape index (κ1) is 22.8. The topological polar surface area (TPSA) is 119 Å². The van der Waals surface area contributed by atoms with Crippen LogP contribution in [-0.2, 0) is 21.4 Å². The maximum atomic E-state index is 12.5. The molecule has 0 heterocycles. The molecule has 0 fully saturated rings. The number of hydrogen-bond acceptors (Lipinski definition) is 6. The maximum Gasteiger partial charge on any atom is 0.271 e. The van der Waals surface area contributed by atoms with Gasteiger partial charge in [-0.25, -0.2) is 8.42 Å². The summed E-state index contributed by atoms with van der Waals surface area (Å²) in [6, 6.07) is 21.4. The number of amides is 1. The molecule has 0 unspecified atom stereocenters. The van der Waals surface area contributed by atoms with Gasteiger partial charge < -0.3 is 10.1 Å². The van der Waals surface area contributed by atoms with Gasteiger partial charge in [-0.2, -0.15) is 0 Å². The predicted octanol–water partition coefficient (Wildman–Crippen LogP) is 3.58. The van der Waals surface area contributed by atoms with Crippen LogP contribution >= 0.6 is 0 Å². The van der Waals surface area contributed by atoms with Crippen molar-refractivity contribution >= 4 is 33.0 Å². The Bertz CT molecular complexity index is 1200. The van der Waals surface area contributed by atoms with E-state index in [4.69, 9.17) is 4.74 Å². The fourth-order valence-corrected chi connectivity index (χ4v) is 3.72. The largest absolute Gasteiger partial charge is 0.489 e. The van der Waals surface area contributed by atoms with Crippen LogP contribution < -0.4 is 14.4 Å². The number of nitrogens with one attached hydrogen (secondary N) is 1. The number of carbonyl (C=O) groups excluding carboxylic acids is 1. The predicted molar refractivity (Wildman–Crippen MR) is 121 cm³/mol. The fourth-order valence-electron chi connectivity index (χ4n) is 2.87. The molecule has 0 aliphatic heterocycles. The van der Waals surface area contributed by atoms with Crippen molar-refractivity contribution in [3.05, 3.63) is 94.5 Å². The van der Waals surface area contributed by atoms with Crippen molar-refractivity contribution in [3.63, 3.8) is 0 Å². The Kier molecular flexibility index (Phi) is 7.06. The van der Waals surface area contributed by atoms with Gasteiger partial charge in [-0.15, -0.1) is 0 Å². The lowest BCUT2D eigenvalue weighted by atomic mass is 10.2. The van der Waals surface area contributed by atoms with Crippen LogP contribution in [0, 0.1) is 10.1 Å². The summed E-state index contributed by atoms with van der Waals surface area (Å²) in [6.45, 7) is -0.134. The van der Waals surface area contributed by atoms with Gasteiger partial charge >= 0.3 is 0 Å². The summed E-state index contributed by atoms with van der Waals surface area (Å²) in [4.78, 5) is 22.8. The van der Waals surface area contributed by atoms with Gasteiger partial charge in [0, 0.05) is 17.8 Å². The van der Waals surface area contributed by atoms with E-state index in [0.29, 0.717) is 18.0 Å². The maximum absolute atomic E-state index is 12.5. The first-order valence-electron chi connectivity index (χ1n) is 9.51. The number of benzene rings is 3. The van der Waals surface area contributed by atoms with Crippen LogP contribution in [0.3, 0.4) is 0 Å². The average Bonchev–Trinajstić information content (AvgIpc) is 2.77. The van der Waals surface area contributed by atoms with Crippen LogP contribution in [0.4, 0.5) is 17.1 Å². The van der Waals surface area contributed by atoms with Crippen LogP contribution in [0.25, 0.3) is 0 Å². The molecule has 0 radical (unpaired) electrons. The first-order valence-corrected chi connectivity index (χ1v) is 11.4. The lowest BCUT2D eigenvalue weighted by Crippen LogP contribution is -2.37. The SMILES string of the molecule is CS(=O)(=O)N(CC(=O)Nc1ccc(OCc2ccccc2)cc1)c1cccc([N+](=O)[O-])c1. The normalized spacial score (nSPS) is 10.9. The third-order valence-electron chi connectivity index (χ3n) is 4.40. The molecule has 0 spiro atoms. The molecule has 0 aliphatic carbocycles. The number of sulfonamides is 1. The second-order valence-corrected chi connectivity index (χ2v) is 8.80. The van der Waals surface area contributed by atoms with E-state index in [1.807, 2.05) is 30.3 Å². The third-order valence-corrected chi connectivity index (χ3v) is 5.54. The minimum absolute atomic E-state index is 0.0292. The van der Waals surface area contributed by atoms with Crippen molar-refractivity contribution in [1.82, 2.24) is 0 Å². The van der Waals surface area contributed by atoms with Crippen molar-refractivity contribution in [2.45, 2.75) is 6.61 Å². The van der Waals surface area contributed by atoms with Crippen molar-refractivity contribution in [3.8, 4) is 5.75 Å². The molecule has 0 saturated heterocycles. The van der Waals surface area contributed by atoms with Gasteiger partial charge in [0.2, 0.25) is 15.9 Å². The molecule has 10 heteroatoms. The summed E-state index contributed by atoms with van der Waals surface area (Å²) in [5, 5.41) is 13.6. The molecule has 0 bridgehead atoms. The van der Waals surface area contributed by atoms with E-state index in [1.54, 1.807) is 24.3 Å². The highest BCUT2D eigenvalue weighted by Crippen LogP contribution is 2.23. The number of ether oxygens (including phenoxy) is 1. The molecule has 1 amide bonds. The Morgan fingerprint density at radius 2 is 1.72 bits per heavy atom. The van der Waals surface area contributed by atoms with Crippen LogP contribution in [-0.4, -0.2) is 32.0 Å². The van der Waals surface area contributed by atoms with Crippen LogP contribution in [0.2, 0.25) is 0 Å². The number of nitro groups is 1. The number of nitrogens with zero attached hydrogens (tertiary/aromatic N) is 2. The molecule has 0 aromatic heterocycles. The Morgan fingerprint density at radius 3 is 2.34 bits per heavy atom. The second-order valence-electron chi connectivity index (χ2n) is 6.89. The Labute approximate surface area is 185 Å². The summed E-state index contributed by atoms with van der Waals surface area (Å²) in [5.41, 5.74) is 1.23. The zero-order valence-electron chi connectivity index (χ0n) is 17.2. The van der Waals surface area contributed by atoms with E-state index < -0.39 is 27.4 Å². The van der Waals surface area contributed by atoms with Crippen molar-refractivity contribution < 1.29 is 22.9 Å². The Hall–Kier alpha value is -3.92. The zero-order valence-corrected chi connectivity index (χ0v) is 18.0. The van der Waals surface area contributed by atoms with Gasteiger partial charge in [0.05, 0.1) is 16.9 Å². The fraction of sp³-hybridized carbons (Fsp3) is 0.136. The van der Waals surface area contributed by atoms with Crippen LogP contribution in [0.5, 0.6) is 5.75 Å². The molecule has 3 aromatic carbocycles. The highest BCUT2D eigenvalue weighted by molar-refractivity contribution is 7.92. The minimum atomic E-state index is -3.86. The highest BCUT2D eigenvalue weighted by Gasteiger charge is 2.22. The number of rotatable bonds is 9. The molecular formula is C22H21N3O6S. The number of anilines is 2. The van der Waals surface area contributed by atoms with Crippen LogP contribution in [0.1, 0.15) is 5.56 Å². The smallest absolute Gasteiger partial charge is 0.271 e. The average molecular weight is 455 g/mol. The van der Waals surface area contributed by atoms with Crippen molar-refractivity contribution in [2.75, 3.05) is 22.4 Å². The van der Waals surface area contributed by atoms with Gasteiger partial charge in [0.15, 0.2) is 0 Å². The molecule has 0 saturated carbocycles. The van der Waals surface area contributed by atoms with Gasteiger partial charge in [-0.05, 0) is 35.9 Å². The molecule has 3 aromatic rings. The van der Waals surface area contributed by atoms with Gasteiger partial charge in [-0.3, -0.25) is 19.2 Å². The standard InChI is InChI=1S/C22H21N3O6S/c1-32(29,30)24(19-8-5-9-20(14-19)25(27)28)15-22(26)23-18-10-12-21(13-11-18)31-16-17-6-3-2-4-7-17/h2-14H,15-16H2,1H3,(H,23,26). The number of carbonyl (C=O) groups is 1. The van der Waals surface area contributed by atoms with E-state index in [1.165, 1.54) is 18.2 Å². The molecule has 32 heavy (non-hydrogen) atoms. The number of hydrogen-bond donors (Lipinski definition) is 1. The van der Waals surface area contributed by atoms with E-state index >= 15 is 0 Å². The number of non-ortho nitro benzene ring substituents is 1. The van der Waals surface area contributed by atoms with E-state index in [2.05, 4.69) is 5.32 Å². The van der Waals surface area contributed by atoms with Crippen molar-refractivity contribution in [1.29, 1.82) is 0 Å². The second kappa shape index (κ2) is 9.92. The van der Waals surface area contributed by atoms with E-state index in [-0.39, 0.29) is 11.4 Å². The molecule has 166 valence electrons. The highest BCUT2D eigenvalue weighted by atomic mass is 32.2. The van der Waals surface area contributed by atoms with Gasteiger partial charge in [0.1, 0.15) is 18.9 Å². The zero-order chi connectivity index (χ0) is 23.1. The quantitative estimate of drug-likeness (QED) is 0.389. The minimum Gasteiger partial charge on any atom is -0.489 e. The van der Waals surface area contributed by atoms with Crippen molar-refractivity contribution in [2.24, 2.45) is 0 Å². The summed E-state index contributed by atoms with van der Waals surface area (Å²) in [6.07, 6.45) is 0.929. The molecule has 9 nitrogen and oxygen atoms in total. The Balaban J connectivity index is 1.65. The lowest BCUT2D eigenvalue weighted by Gasteiger charge is -2.21. The third kappa shape index (κ3) is 6.29. The van der Waals surface area contributed by atoms with Gasteiger partial charge in [-0.1, -0.05) is 36.4 Å². The Morgan fingerprint density at radius 1 is 1.03 bits per heavy atom. The molecule has 3 rings (SSSR count). The van der Waals surface area contributed by atoms with E-state index in [0.717, 1.165) is 22.2 Å². The molecule has 0 atom stereocenters.